The van der Waals surface area contributed by atoms with E-state index in [9.17, 15) is 4.79 Å². The van der Waals surface area contributed by atoms with Gasteiger partial charge >= 0.3 is 0 Å². The molecule has 0 radical (unpaired) electrons. The SMILES string of the molecule is Cn1cc(C(=O)NC[C@@H](c2ccccc2)c2c[nH]c3ccccc23)cn1. The smallest absolute Gasteiger partial charge is 0.254 e. The molecular weight excluding hydrogens is 324 g/mol. The number of hydrogen-bond acceptors (Lipinski definition) is 2. The molecule has 1 atom stereocenters. The highest BCUT2D eigenvalue weighted by Gasteiger charge is 2.19. The second kappa shape index (κ2) is 6.88. The minimum absolute atomic E-state index is 0.0629. The largest absolute Gasteiger partial charge is 0.361 e. The van der Waals surface area contributed by atoms with Gasteiger partial charge in [0.05, 0.1) is 11.8 Å². The van der Waals surface area contributed by atoms with Gasteiger partial charge in [-0.05, 0) is 17.2 Å². The molecule has 2 heterocycles. The van der Waals surface area contributed by atoms with Crippen molar-refractivity contribution in [3.05, 3.63) is 89.9 Å². The molecule has 2 N–H and O–H groups in total. The minimum atomic E-state index is -0.112. The third-order valence-corrected chi connectivity index (χ3v) is 4.63. The molecule has 5 heteroatoms. The molecule has 4 rings (SSSR count). The molecular formula is C21H20N4O. The summed E-state index contributed by atoms with van der Waals surface area (Å²) in [7, 11) is 1.80. The zero-order valence-corrected chi connectivity index (χ0v) is 14.5. The monoisotopic (exact) mass is 344 g/mol. The number of aromatic amines is 1. The van der Waals surface area contributed by atoms with E-state index in [1.165, 1.54) is 16.5 Å². The number of amides is 1. The molecule has 1 amide bonds. The molecule has 5 nitrogen and oxygen atoms in total. The molecule has 0 unspecified atom stereocenters. The fourth-order valence-corrected chi connectivity index (χ4v) is 3.31. The van der Waals surface area contributed by atoms with Crippen LogP contribution in [0.3, 0.4) is 0 Å². The van der Waals surface area contributed by atoms with Crippen molar-refractivity contribution >= 4 is 16.8 Å². The third-order valence-electron chi connectivity index (χ3n) is 4.63. The van der Waals surface area contributed by atoms with Gasteiger partial charge in [-0.25, -0.2) is 0 Å². The van der Waals surface area contributed by atoms with Gasteiger partial charge in [-0.1, -0.05) is 48.5 Å². The molecule has 0 fully saturated rings. The van der Waals surface area contributed by atoms with Crippen LogP contribution in [-0.4, -0.2) is 27.2 Å². The van der Waals surface area contributed by atoms with Gasteiger partial charge < -0.3 is 10.3 Å². The van der Waals surface area contributed by atoms with Crippen molar-refractivity contribution in [2.24, 2.45) is 7.05 Å². The Bertz CT molecular complexity index is 1030. The summed E-state index contributed by atoms with van der Waals surface area (Å²) in [5.74, 6) is -0.0492. The van der Waals surface area contributed by atoms with Gasteiger partial charge in [0.15, 0.2) is 0 Å². The van der Waals surface area contributed by atoms with Gasteiger partial charge in [-0.15, -0.1) is 0 Å². The molecule has 26 heavy (non-hydrogen) atoms. The first kappa shape index (κ1) is 16.1. The summed E-state index contributed by atoms with van der Waals surface area (Å²) in [4.78, 5) is 15.8. The van der Waals surface area contributed by atoms with Crippen LogP contribution in [0.15, 0.2) is 73.2 Å². The molecule has 0 saturated carbocycles. The number of para-hydroxylation sites is 1. The van der Waals surface area contributed by atoms with Gasteiger partial charge in [-0.3, -0.25) is 9.48 Å². The van der Waals surface area contributed by atoms with Crippen LogP contribution < -0.4 is 5.32 Å². The quantitative estimate of drug-likeness (QED) is 0.582. The van der Waals surface area contributed by atoms with Crippen molar-refractivity contribution in [2.45, 2.75) is 5.92 Å². The Kier molecular flexibility index (Phi) is 4.27. The van der Waals surface area contributed by atoms with Crippen LogP contribution in [0.2, 0.25) is 0 Å². The zero-order valence-electron chi connectivity index (χ0n) is 14.5. The van der Waals surface area contributed by atoms with E-state index < -0.39 is 0 Å². The number of fused-ring (bicyclic) bond motifs is 1. The van der Waals surface area contributed by atoms with Gasteiger partial charge in [0.1, 0.15) is 0 Å². The van der Waals surface area contributed by atoms with Gasteiger partial charge in [0, 0.05) is 42.8 Å². The summed E-state index contributed by atoms with van der Waals surface area (Å²) in [6.07, 6.45) is 5.34. The molecule has 0 aliphatic heterocycles. The standard InChI is InChI=1S/C21H20N4O/c1-25-14-16(11-24-25)21(26)23-12-18(15-7-3-2-4-8-15)19-13-22-20-10-6-5-9-17(19)20/h2-11,13-14,18,22H,12H2,1H3,(H,23,26)/t18-/m0/s1. The first-order valence-electron chi connectivity index (χ1n) is 8.60. The average Bonchev–Trinajstić information content (AvgIpc) is 3.29. The van der Waals surface area contributed by atoms with Crippen LogP contribution in [-0.2, 0) is 7.05 Å². The summed E-state index contributed by atoms with van der Waals surface area (Å²) in [5.41, 5.74) is 4.02. The van der Waals surface area contributed by atoms with Crippen molar-refractivity contribution in [3.8, 4) is 0 Å². The number of nitrogens with zero attached hydrogens (tertiary/aromatic N) is 2. The van der Waals surface area contributed by atoms with Crippen LogP contribution in [0.5, 0.6) is 0 Å². The molecule has 0 saturated heterocycles. The van der Waals surface area contributed by atoms with Crippen molar-refractivity contribution in [3.63, 3.8) is 0 Å². The van der Waals surface area contributed by atoms with Crippen molar-refractivity contribution < 1.29 is 4.79 Å². The normalized spacial score (nSPS) is 12.2. The molecule has 130 valence electrons. The lowest BCUT2D eigenvalue weighted by Crippen LogP contribution is -2.28. The maximum absolute atomic E-state index is 12.5. The van der Waals surface area contributed by atoms with Crippen molar-refractivity contribution in [1.82, 2.24) is 20.1 Å². The lowest BCUT2D eigenvalue weighted by atomic mass is 9.91. The Labute approximate surface area is 151 Å². The van der Waals surface area contributed by atoms with Crippen LogP contribution in [0, 0.1) is 0 Å². The number of carbonyl (C=O) groups excluding carboxylic acids is 1. The molecule has 0 bridgehead atoms. The fraction of sp³-hybridized carbons (Fsp3) is 0.143. The first-order valence-corrected chi connectivity index (χ1v) is 8.60. The number of benzene rings is 2. The predicted octanol–water partition coefficient (Wildman–Crippen LogP) is 3.46. The molecule has 2 aromatic carbocycles. The van der Waals surface area contributed by atoms with Gasteiger partial charge in [-0.2, -0.15) is 5.10 Å². The number of hydrogen-bond donors (Lipinski definition) is 2. The van der Waals surface area contributed by atoms with E-state index in [-0.39, 0.29) is 11.8 Å². The van der Waals surface area contributed by atoms with E-state index in [1.807, 2.05) is 36.5 Å². The molecule has 0 spiro atoms. The van der Waals surface area contributed by atoms with Gasteiger partial charge in [0.2, 0.25) is 0 Å². The Morgan fingerprint density at radius 1 is 1.15 bits per heavy atom. The highest BCUT2D eigenvalue weighted by molar-refractivity contribution is 5.93. The Morgan fingerprint density at radius 2 is 1.92 bits per heavy atom. The second-order valence-corrected chi connectivity index (χ2v) is 6.37. The molecule has 4 aromatic rings. The topological polar surface area (TPSA) is 62.7 Å². The van der Waals surface area contributed by atoms with E-state index in [0.29, 0.717) is 12.1 Å². The summed E-state index contributed by atoms with van der Waals surface area (Å²) >= 11 is 0. The number of rotatable bonds is 5. The number of carbonyl (C=O) groups is 1. The lowest BCUT2D eigenvalue weighted by molar-refractivity contribution is 0.0952. The first-order chi connectivity index (χ1) is 12.7. The van der Waals surface area contributed by atoms with Crippen LogP contribution in [0.4, 0.5) is 0 Å². The van der Waals surface area contributed by atoms with E-state index in [2.05, 4.69) is 39.7 Å². The Morgan fingerprint density at radius 3 is 2.69 bits per heavy atom. The molecule has 0 aliphatic rings. The summed E-state index contributed by atoms with van der Waals surface area (Å²) in [6, 6.07) is 18.5. The maximum Gasteiger partial charge on any atom is 0.254 e. The van der Waals surface area contributed by atoms with Crippen LogP contribution in [0.1, 0.15) is 27.4 Å². The Balaban J connectivity index is 1.65. The number of aromatic nitrogens is 3. The summed E-state index contributed by atoms with van der Waals surface area (Å²) in [5, 5.41) is 8.30. The van der Waals surface area contributed by atoms with Gasteiger partial charge in [0.25, 0.3) is 5.91 Å². The maximum atomic E-state index is 12.5. The van der Waals surface area contributed by atoms with E-state index in [4.69, 9.17) is 0 Å². The van der Waals surface area contributed by atoms with E-state index >= 15 is 0 Å². The highest BCUT2D eigenvalue weighted by Crippen LogP contribution is 2.30. The summed E-state index contributed by atoms with van der Waals surface area (Å²) in [6.45, 7) is 0.513. The second-order valence-electron chi connectivity index (χ2n) is 6.37. The van der Waals surface area contributed by atoms with Crippen LogP contribution in [0.25, 0.3) is 10.9 Å². The van der Waals surface area contributed by atoms with Crippen LogP contribution >= 0.6 is 0 Å². The molecule has 2 aromatic heterocycles. The zero-order chi connectivity index (χ0) is 17.9. The van der Waals surface area contributed by atoms with E-state index in [1.54, 1.807) is 24.1 Å². The average molecular weight is 344 g/mol. The van der Waals surface area contributed by atoms with Crippen molar-refractivity contribution in [1.29, 1.82) is 0 Å². The minimum Gasteiger partial charge on any atom is -0.361 e. The highest BCUT2D eigenvalue weighted by atomic mass is 16.1. The summed E-state index contributed by atoms with van der Waals surface area (Å²) < 4.78 is 1.63. The molecule has 0 aliphatic carbocycles. The van der Waals surface area contributed by atoms with E-state index in [0.717, 1.165) is 5.52 Å². The Hall–Kier alpha value is -3.34. The predicted molar refractivity (Wildman–Crippen MR) is 102 cm³/mol. The van der Waals surface area contributed by atoms with Crippen molar-refractivity contribution in [2.75, 3.05) is 6.54 Å². The number of H-pyrrole nitrogens is 1. The fourth-order valence-electron chi connectivity index (χ4n) is 3.31. The lowest BCUT2D eigenvalue weighted by Gasteiger charge is -2.18. The number of nitrogens with one attached hydrogen (secondary N) is 2. The number of aryl methyl sites for hydroxylation is 1. The third kappa shape index (κ3) is 3.11.